The van der Waals surface area contributed by atoms with Crippen LogP contribution in [0.2, 0.25) is 0 Å². The molecule has 0 aliphatic rings. The van der Waals surface area contributed by atoms with Crippen LogP contribution in [0.5, 0.6) is 0 Å². The van der Waals surface area contributed by atoms with Gasteiger partial charge in [0.25, 0.3) is 5.91 Å². The lowest BCUT2D eigenvalue weighted by Crippen LogP contribution is -2.25. The van der Waals surface area contributed by atoms with Gasteiger partial charge in [-0.05, 0) is 23.8 Å². The highest BCUT2D eigenvalue weighted by molar-refractivity contribution is 5.92. The van der Waals surface area contributed by atoms with Crippen LogP contribution in [0.1, 0.15) is 21.9 Å². The first kappa shape index (κ1) is 13.3. The van der Waals surface area contributed by atoms with Crippen molar-refractivity contribution in [3.05, 3.63) is 47.5 Å². The fraction of sp³-hybridized carbons (Fsp3) is 0.214. The molecule has 0 radical (unpaired) electrons. The first-order valence-electron chi connectivity index (χ1n) is 6.61. The second-order valence-electron chi connectivity index (χ2n) is 4.76. The van der Waals surface area contributed by atoms with E-state index in [1.807, 2.05) is 18.2 Å². The number of aromatic nitrogens is 4. The SMILES string of the molecule is Cn1nccc1C(=O)NCc1nc2ccc(CN)cc2[nH]1. The van der Waals surface area contributed by atoms with Crippen LogP contribution >= 0.6 is 0 Å². The van der Waals surface area contributed by atoms with E-state index in [1.165, 1.54) is 4.68 Å². The minimum atomic E-state index is -0.182. The molecule has 0 atom stereocenters. The van der Waals surface area contributed by atoms with Gasteiger partial charge in [0.2, 0.25) is 0 Å². The number of hydrogen-bond donors (Lipinski definition) is 3. The van der Waals surface area contributed by atoms with Gasteiger partial charge in [0, 0.05) is 19.8 Å². The van der Waals surface area contributed by atoms with Crippen molar-refractivity contribution in [2.24, 2.45) is 12.8 Å². The van der Waals surface area contributed by atoms with Crippen LogP contribution in [-0.2, 0) is 20.1 Å². The Balaban J connectivity index is 1.73. The van der Waals surface area contributed by atoms with E-state index in [0.717, 1.165) is 16.6 Å². The van der Waals surface area contributed by atoms with Gasteiger partial charge in [0.1, 0.15) is 11.5 Å². The van der Waals surface area contributed by atoms with Gasteiger partial charge in [-0.15, -0.1) is 0 Å². The topological polar surface area (TPSA) is 102 Å². The van der Waals surface area contributed by atoms with E-state index in [0.29, 0.717) is 24.6 Å². The maximum Gasteiger partial charge on any atom is 0.269 e. The monoisotopic (exact) mass is 284 g/mol. The lowest BCUT2D eigenvalue weighted by atomic mass is 10.2. The standard InChI is InChI=1S/C14H16N6O/c1-20-12(4-5-17-20)14(21)16-8-13-18-10-3-2-9(7-15)6-11(10)19-13/h2-6H,7-8,15H2,1H3,(H,16,21)(H,18,19). The number of nitrogens with one attached hydrogen (secondary N) is 2. The van der Waals surface area contributed by atoms with Gasteiger partial charge in [-0.1, -0.05) is 6.07 Å². The number of nitrogens with zero attached hydrogens (tertiary/aromatic N) is 3. The third-order valence-corrected chi connectivity index (χ3v) is 3.30. The predicted molar refractivity (Wildman–Crippen MR) is 78.4 cm³/mol. The largest absolute Gasteiger partial charge is 0.343 e. The molecule has 0 spiro atoms. The number of aryl methyl sites for hydroxylation is 1. The van der Waals surface area contributed by atoms with Gasteiger partial charge >= 0.3 is 0 Å². The summed E-state index contributed by atoms with van der Waals surface area (Å²) in [4.78, 5) is 19.6. The maximum absolute atomic E-state index is 12.0. The number of hydrogen-bond acceptors (Lipinski definition) is 4. The number of amides is 1. The summed E-state index contributed by atoms with van der Waals surface area (Å²) in [6.45, 7) is 0.818. The van der Waals surface area contributed by atoms with Crippen LogP contribution in [0, 0.1) is 0 Å². The lowest BCUT2D eigenvalue weighted by molar-refractivity contribution is 0.0940. The third kappa shape index (κ3) is 2.63. The van der Waals surface area contributed by atoms with Gasteiger partial charge in [-0.3, -0.25) is 9.48 Å². The summed E-state index contributed by atoms with van der Waals surface area (Å²) in [6.07, 6.45) is 1.59. The quantitative estimate of drug-likeness (QED) is 0.656. The highest BCUT2D eigenvalue weighted by Gasteiger charge is 2.10. The lowest BCUT2D eigenvalue weighted by Gasteiger charge is -2.02. The number of aromatic amines is 1. The van der Waals surface area contributed by atoms with Gasteiger partial charge < -0.3 is 16.0 Å². The van der Waals surface area contributed by atoms with E-state index in [2.05, 4.69) is 20.4 Å². The zero-order chi connectivity index (χ0) is 14.8. The van der Waals surface area contributed by atoms with Crippen molar-refractivity contribution in [2.45, 2.75) is 13.1 Å². The van der Waals surface area contributed by atoms with Crippen LogP contribution in [0.4, 0.5) is 0 Å². The Bertz CT molecular complexity index is 788. The second kappa shape index (κ2) is 5.37. The highest BCUT2D eigenvalue weighted by Crippen LogP contribution is 2.13. The number of benzene rings is 1. The fourth-order valence-electron chi connectivity index (χ4n) is 2.17. The van der Waals surface area contributed by atoms with Crippen molar-refractivity contribution in [3.8, 4) is 0 Å². The molecule has 1 aromatic carbocycles. The number of fused-ring (bicyclic) bond motifs is 1. The summed E-state index contributed by atoms with van der Waals surface area (Å²) in [7, 11) is 1.73. The molecule has 7 heteroatoms. The molecule has 0 unspecified atom stereocenters. The Hall–Kier alpha value is -2.67. The molecular weight excluding hydrogens is 268 g/mol. The van der Waals surface area contributed by atoms with Crippen molar-refractivity contribution in [3.63, 3.8) is 0 Å². The van der Waals surface area contributed by atoms with Crippen LogP contribution < -0.4 is 11.1 Å². The molecular formula is C14H16N6O. The van der Waals surface area contributed by atoms with Gasteiger partial charge in [-0.2, -0.15) is 5.10 Å². The Labute approximate surface area is 121 Å². The first-order chi connectivity index (χ1) is 10.2. The van der Waals surface area contributed by atoms with Crippen molar-refractivity contribution in [1.82, 2.24) is 25.1 Å². The molecule has 4 N–H and O–H groups in total. The average Bonchev–Trinajstić information content (AvgIpc) is 3.09. The van der Waals surface area contributed by atoms with Gasteiger partial charge in [0.15, 0.2) is 0 Å². The number of imidazole rings is 1. The Kier molecular flexibility index (Phi) is 3.41. The zero-order valence-corrected chi connectivity index (χ0v) is 11.6. The Morgan fingerprint density at radius 3 is 3.00 bits per heavy atom. The molecule has 0 aliphatic heterocycles. The summed E-state index contributed by atoms with van der Waals surface area (Å²) < 4.78 is 1.53. The summed E-state index contributed by atoms with van der Waals surface area (Å²) in [5, 5.41) is 6.78. The fourth-order valence-corrected chi connectivity index (χ4v) is 2.17. The van der Waals surface area contributed by atoms with Crippen LogP contribution in [0.25, 0.3) is 11.0 Å². The van der Waals surface area contributed by atoms with Crippen molar-refractivity contribution in [1.29, 1.82) is 0 Å². The first-order valence-corrected chi connectivity index (χ1v) is 6.61. The number of carbonyl (C=O) groups is 1. The molecule has 3 rings (SSSR count). The molecule has 0 saturated carbocycles. The van der Waals surface area contributed by atoms with Gasteiger partial charge in [-0.25, -0.2) is 4.98 Å². The number of rotatable bonds is 4. The molecule has 0 fully saturated rings. The summed E-state index contributed by atoms with van der Waals surface area (Å²) in [6, 6.07) is 7.50. The third-order valence-electron chi connectivity index (χ3n) is 3.30. The average molecular weight is 284 g/mol. The van der Waals surface area contributed by atoms with Gasteiger partial charge in [0.05, 0.1) is 17.6 Å². The van der Waals surface area contributed by atoms with Crippen LogP contribution in [0.15, 0.2) is 30.5 Å². The smallest absolute Gasteiger partial charge is 0.269 e. The minimum Gasteiger partial charge on any atom is -0.343 e. The van der Waals surface area contributed by atoms with Crippen molar-refractivity contribution < 1.29 is 4.79 Å². The summed E-state index contributed by atoms with van der Waals surface area (Å²) in [5.41, 5.74) is 8.94. The van der Waals surface area contributed by atoms with E-state index in [9.17, 15) is 4.79 Å². The Morgan fingerprint density at radius 1 is 1.43 bits per heavy atom. The van der Waals surface area contributed by atoms with E-state index in [1.54, 1.807) is 19.3 Å². The molecule has 21 heavy (non-hydrogen) atoms. The molecule has 108 valence electrons. The molecule has 0 bridgehead atoms. The molecule has 2 heterocycles. The normalized spacial score (nSPS) is 11.0. The van der Waals surface area contributed by atoms with E-state index >= 15 is 0 Å². The van der Waals surface area contributed by atoms with E-state index < -0.39 is 0 Å². The number of H-pyrrole nitrogens is 1. The molecule has 2 aromatic heterocycles. The van der Waals surface area contributed by atoms with Crippen molar-refractivity contribution in [2.75, 3.05) is 0 Å². The zero-order valence-electron chi connectivity index (χ0n) is 11.6. The maximum atomic E-state index is 12.0. The number of nitrogens with two attached hydrogens (primary N) is 1. The number of carbonyl (C=O) groups excluding carboxylic acids is 1. The molecule has 0 aliphatic carbocycles. The van der Waals surface area contributed by atoms with Crippen LogP contribution in [-0.4, -0.2) is 25.7 Å². The Morgan fingerprint density at radius 2 is 2.29 bits per heavy atom. The molecule has 7 nitrogen and oxygen atoms in total. The van der Waals surface area contributed by atoms with Crippen molar-refractivity contribution >= 4 is 16.9 Å². The highest BCUT2D eigenvalue weighted by atomic mass is 16.2. The summed E-state index contributed by atoms with van der Waals surface area (Å²) in [5.74, 6) is 0.521. The molecule has 0 saturated heterocycles. The van der Waals surface area contributed by atoms with E-state index in [-0.39, 0.29) is 5.91 Å². The summed E-state index contributed by atoms with van der Waals surface area (Å²) >= 11 is 0. The van der Waals surface area contributed by atoms with E-state index in [4.69, 9.17) is 5.73 Å². The minimum absolute atomic E-state index is 0.182. The molecule has 1 amide bonds. The second-order valence-corrected chi connectivity index (χ2v) is 4.76. The predicted octanol–water partition coefficient (Wildman–Crippen LogP) is 0.685. The molecule has 3 aromatic rings. The van der Waals surface area contributed by atoms with Crippen LogP contribution in [0.3, 0.4) is 0 Å².